The van der Waals surface area contributed by atoms with Crippen molar-refractivity contribution >= 4 is 5.91 Å². The fraction of sp³-hybridized carbons (Fsp3) is 0.917. The Morgan fingerprint density at radius 1 is 1.27 bits per heavy atom. The SMILES string of the molecule is NC(CNC(=O)CC1CCCC1)C1CC1. The molecule has 2 aliphatic carbocycles. The Labute approximate surface area is 91.8 Å². The molecule has 2 fully saturated rings. The number of nitrogens with two attached hydrogens (primary N) is 1. The van der Waals surface area contributed by atoms with Gasteiger partial charge in [-0.05, 0) is 37.5 Å². The van der Waals surface area contributed by atoms with Crippen molar-refractivity contribution in [3.8, 4) is 0 Å². The minimum absolute atomic E-state index is 0.192. The average molecular weight is 210 g/mol. The van der Waals surface area contributed by atoms with E-state index in [1.165, 1.54) is 38.5 Å². The molecule has 2 saturated carbocycles. The number of nitrogens with one attached hydrogen (secondary N) is 1. The molecule has 3 heteroatoms. The zero-order valence-corrected chi connectivity index (χ0v) is 9.37. The molecule has 2 aliphatic rings. The van der Waals surface area contributed by atoms with Gasteiger partial charge in [0, 0.05) is 19.0 Å². The number of hydrogen-bond donors (Lipinski definition) is 2. The van der Waals surface area contributed by atoms with Crippen molar-refractivity contribution < 1.29 is 4.79 Å². The zero-order valence-electron chi connectivity index (χ0n) is 9.37. The lowest BCUT2D eigenvalue weighted by Gasteiger charge is -2.13. The van der Waals surface area contributed by atoms with Crippen LogP contribution in [0.3, 0.4) is 0 Å². The number of rotatable bonds is 5. The lowest BCUT2D eigenvalue weighted by Crippen LogP contribution is -2.38. The highest BCUT2D eigenvalue weighted by molar-refractivity contribution is 5.76. The van der Waals surface area contributed by atoms with Crippen molar-refractivity contribution in [2.75, 3.05) is 6.54 Å². The van der Waals surface area contributed by atoms with Crippen molar-refractivity contribution in [3.63, 3.8) is 0 Å². The molecule has 3 N–H and O–H groups in total. The Hall–Kier alpha value is -0.570. The van der Waals surface area contributed by atoms with Gasteiger partial charge in [-0.1, -0.05) is 12.8 Å². The molecule has 0 spiro atoms. The third-order valence-corrected chi connectivity index (χ3v) is 3.71. The van der Waals surface area contributed by atoms with Gasteiger partial charge >= 0.3 is 0 Å². The average Bonchev–Trinajstić information content (AvgIpc) is 2.95. The number of carbonyl (C=O) groups is 1. The summed E-state index contributed by atoms with van der Waals surface area (Å²) in [6, 6.07) is 0.192. The number of hydrogen-bond acceptors (Lipinski definition) is 2. The molecule has 0 radical (unpaired) electrons. The van der Waals surface area contributed by atoms with Crippen molar-refractivity contribution in [1.29, 1.82) is 0 Å². The second kappa shape index (κ2) is 4.97. The maximum absolute atomic E-state index is 11.6. The molecule has 0 aromatic heterocycles. The van der Waals surface area contributed by atoms with Gasteiger partial charge in [0.15, 0.2) is 0 Å². The minimum Gasteiger partial charge on any atom is -0.355 e. The normalized spacial score (nSPS) is 24.1. The summed E-state index contributed by atoms with van der Waals surface area (Å²) in [7, 11) is 0. The van der Waals surface area contributed by atoms with Crippen LogP contribution >= 0.6 is 0 Å². The van der Waals surface area contributed by atoms with E-state index < -0.39 is 0 Å². The standard InChI is InChI=1S/C12H22N2O/c13-11(10-5-6-10)8-14-12(15)7-9-3-1-2-4-9/h9-11H,1-8,13H2,(H,14,15). The summed E-state index contributed by atoms with van der Waals surface area (Å²) in [4.78, 5) is 11.6. The van der Waals surface area contributed by atoms with Crippen LogP contribution in [-0.2, 0) is 4.79 Å². The Balaban J connectivity index is 1.59. The maximum Gasteiger partial charge on any atom is 0.220 e. The van der Waals surface area contributed by atoms with Crippen LogP contribution in [0.5, 0.6) is 0 Å². The first-order chi connectivity index (χ1) is 7.25. The summed E-state index contributed by atoms with van der Waals surface area (Å²) in [5.74, 6) is 1.52. The van der Waals surface area contributed by atoms with E-state index >= 15 is 0 Å². The van der Waals surface area contributed by atoms with E-state index in [1.807, 2.05) is 0 Å². The lowest BCUT2D eigenvalue weighted by atomic mass is 10.0. The van der Waals surface area contributed by atoms with Gasteiger partial charge in [-0.3, -0.25) is 4.79 Å². The first kappa shape index (κ1) is 10.9. The van der Waals surface area contributed by atoms with Gasteiger partial charge in [-0.15, -0.1) is 0 Å². The van der Waals surface area contributed by atoms with Crippen molar-refractivity contribution in [1.82, 2.24) is 5.32 Å². The van der Waals surface area contributed by atoms with Gasteiger partial charge < -0.3 is 11.1 Å². The van der Waals surface area contributed by atoms with E-state index in [4.69, 9.17) is 5.73 Å². The zero-order chi connectivity index (χ0) is 10.7. The predicted molar refractivity (Wildman–Crippen MR) is 60.3 cm³/mol. The van der Waals surface area contributed by atoms with Gasteiger partial charge in [0.05, 0.1) is 0 Å². The van der Waals surface area contributed by atoms with Crippen LogP contribution < -0.4 is 11.1 Å². The minimum atomic E-state index is 0.192. The molecule has 0 aliphatic heterocycles. The van der Waals surface area contributed by atoms with Gasteiger partial charge in [0.2, 0.25) is 5.91 Å². The quantitative estimate of drug-likeness (QED) is 0.721. The van der Waals surface area contributed by atoms with E-state index in [-0.39, 0.29) is 11.9 Å². The van der Waals surface area contributed by atoms with E-state index in [0.717, 1.165) is 6.42 Å². The summed E-state index contributed by atoms with van der Waals surface area (Å²) in [5.41, 5.74) is 5.92. The second-order valence-corrected chi connectivity index (χ2v) is 5.16. The molecule has 2 rings (SSSR count). The summed E-state index contributed by atoms with van der Waals surface area (Å²) in [6.07, 6.45) is 8.31. The Morgan fingerprint density at radius 3 is 2.53 bits per heavy atom. The molecular formula is C12H22N2O. The van der Waals surface area contributed by atoms with Crippen LogP contribution in [0, 0.1) is 11.8 Å². The highest BCUT2D eigenvalue weighted by Crippen LogP contribution is 2.31. The summed E-state index contributed by atoms with van der Waals surface area (Å²) >= 11 is 0. The number of carbonyl (C=O) groups excluding carboxylic acids is 1. The van der Waals surface area contributed by atoms with Crippen LogP contribution in [0.15, 0.2) is 0 Å². The Morgan fingerprint density at radius 2 is 1.93 bits per heavy atom. The number of amides is 1. The first-order valence-corrected chi connectivity index (χ1v) is 6.28. The largest absolute Gasteiger partial charge is 0.355 e. The van der Waals surface area contributed by atoms with E-state index in [1.54, 1.807) is 0 Å². The van der Waals surface area contributed by atoms with Crippen LogP contribution in [0.2, 0.25) is 0 Å². The van der Waals surface area contributed by atoms with Crippen molar-refractivity contribution in [3.05, 3.63) is 0 Å². The lowest BCUT2D eigenvalue weighted by molar-refractivity contribution is -0.122. The van der Waals surface area contributed by atoms with E-state index in [2.05, 4.69) is 5.32 Å². The predicted octanol–water partition coefficient (Wildman–Crippen LogP) is 1.42. The fourth-order valence-corrected chi connectivity index (χ4v) is 2.47. The molecule has 15 heavy (non-hydrogen) atoms. The monoisotopic (exact) mass is 210 g/mol. The van der Waals surface area contributed by atoms with Gasteiger partial charge in [0.25, 0.3) is 0 Å². The smallest absolute Gasteiger partial charge is 0.220 e. The molecule has 0 heterocycles. The molecule has 0 aromatic carbocycles. The molecule has 0 bridgehead atoms. The third-order valence-electron chi connectivity index (χ3n) is 3.71. The highest BCUT2D eigenvalue weighted by Gasteiger charge is 2.28. The molecular weight excluding hydrogens is 188 g/mol. The Bertz CT molecular complexity index is 220. The molecule has 1 amide bonds. The summed E-state index contributed by atoms with van der Waals surface area (Å²) < 4.78 is 0. The fourth-order valence-electron chi connectivity index (χ4n) is 2.47. The first-order valence-electron chi connectivity index (χ1n) is 6.28. The second-order valence-electron chi connectivity index (χ2n) is 5.16. The van der Waals surface area contributed by atoms with Crippen molar-refractivity contribution in [2.24, 2.45) is 17.6 Å². The topological polar surface area (TPSA) is 55.1 Å². The summed E-state index contributed by atoms with van der Waals surface area (Å²) in [5, 5.41) is 2.97. The van der Waals surface area contributed by atoms with Gasteiger partial charge in [-0.2, -0.15) is 0 Å². The van der Waals surface area contributed by atoms with Crippen LogP contribution in [0.25, 0.3) is 0 Å². The molecule has 1 atom stereocenters. The highest BCUT2D eigenvalue weighted by atomic mass is 16.1. The van der Waals surface area contributed by atoms with Gasteiger partial charge in [0.1, 0.15) is 0 Å². The van der Waals surface area contributed by atoms with Gasteiger partial charge in [-0.25, -0.2) is 0 Å². The summed E-state index contributed by atoms with van der Waals surface area (Å²) in [6.45, 7) is 0.677. The molecule has 3 nitrogen and oxygen atoms in total. The third kappa shape index (κ3) is 3.49. The van der Waals surface area contributed by atoms with Crippen LogP contribution in [0.1, 0.15) is 44.9 Å². The molecule has 0 saturated heterocycles. The van der Waals surface area contributed by atoms with E-state index in [9.17, 15) is 4.79 Å². The Kier molecular flexibility index (Phi) is 3.62. The maximum atomic E-state index is 11.6. The van der Waals surface area contributed by atoms with Crippen LogP contribution in [0.4, 0.5) is 0 Å². The molecule has 86 valence electrons. The van der Waals surface area contributed by atoms with Crippen LogP contribution in [-0.4, -0.2) is 18.5 Å². The van der Waals surface area contributed by atoms with E-state index in [0.29, 0.717) is 18.4 Å². The van der Waals surface area contributed by atoms with Crippen molar-refractivity contribution in [2.45, 2.75) is 51.0 Å². The molecule has 1 unspecified atom stereocenters. The molecule has 0 aromatic rings.